The molecule has 0 saturated carbocycles. The van der Waals surface area contributed by atoms with Crippen molar-refractivity contribution >= 4 is 11.4 Å². The van der Waals surface area contributed by atoms with E-state index in [0.29, 0.717) is 5.92 Å². The largest absolute Gasteiger partial charge is 0.314 e. The summed E-state index contributed by atoms with van der Waals surface area (Å²) in [5.74, 6) is 0.499. The topological polar surface area (TPSA) is 3.24 Å². The average molecular weight is 339 g/mol. The van der Waals surface area contributed by atoms with Crippen LogP contribution in [0.3, 0.4) is 0 Å². The summed E-state index contributed by atoms with van der Waals surface area (Å²) in [5, 5.41) is 0. The zero-order valence-electron chi connectivity index (χ0n) is 15.3. The summed E-state index contributed by atoms with van der Waals surface area (Å²) in [7, 11) is 0. The van der Waals surface area contributed by atoms with Crippen molar-refractivity contribution < 1.29 is 0 Å². The lowest BCUT2D eigenvalue weighted by Gasteiger charge is -2.29. The van der Waals surface area contributed by atoms with E-state index < -0.39 is 0 Å². The maximum atomic E-state index is 2.39. The van der Waals surface area contributed by atoms with Gasteiger partial charge >= 0.3 is 0 Å². The van der Waals surface area contributed by atoms with E-state index in [9.17, 15) is 0 Å². The Balaban J connectivity index is 1.68. The third-order valence-corrected chi connectivity index (χ3v) is 5.13. The Labute approximate surface area is 156 Å². The Bertz CT molecular complexity index is 863. The molecule has 2 aromatic carbocycles. The fourth-order valence-corrected chi connectivity index (χ4v) is 3.65. The molecule has 0 heterocycles. The summed E-state index contributed by atoms with van der Waals surface area (Å²) < 4.78 is 0. The van der Waals surface area contributed by atoms with Gasteiger partial charge in [-0.05, 0) is 62.1 Å². The van der Waals surface area contributed by atoms with E-state index in [1.54, 1.807) is 0 Å². The maximum Gasteiger partial charge on any atom is 0.0458 e. The van der Waals surface area contributed by atoms with Crippen molar-refractivity contribution in [2.24, 2.45) is 0 Å². The highest BCUT2D eigenvalue weighted by molar-refractivity contribution is 5.69. The highest BCUT2D eigenvalue weighted by Crippen LogP contribution is 2.34. The van der Waals surface area contributed by atoms with Gasteiger partial charge in [-0.3, -0.25) is 0 Å². The number of rotatable bonds is 4. The van der Waals surface area contributed by atoms with Crippen molar-refractivity contribution in [2.45, 2.75) is 32.1 Å². The molecule has 0 radical (unpaired) electrons. The molecule has 0 aliphatic heterocycles. The first-order valence-electron chi connectivity index (χ1n) is 9.47. The second-order valence-corrected chi connectivity index (χ2v) is 7.04. The smallest absolute Gasteiger partial charge is 0.0458 e. The molecule has 0 aromatic heterocycles. The Kier molecular flexibility index (Phi) is 4.88. The third-order valence-electron chi connectivity index (χ3n) is 5.13. The Morgan fingerprint density at radius 2 is 1.54 bits per heavy atom. The van der Waals surface area contributed by atoms with E-state index >= 15 is 0 Å². The van der Waals surface area contributed by atoms with Gasteiger partial charge in [0.15, 0.2) is 0 Å². The van der Waals surface area contributed by atoms with Crippen molar-refractivity contribution in [3.05, 3.63) is 108 Å². The highest BCUT2D eigenvalue weighted by Gasteiger charge is 2.16. The van der Waals surface area contributed by atoms with Crippen LogP contribution in [0, 0.1) is 6.92 Å². The molecule has 4 rings (SSSR count). The van der Waals surface area contributed by atoms with Crippen molar-refractivity contribution in [1.29, 1.82) is 0 Å². The predicted molar refractivity (Wildman–Crippen MR) is 112 cm³/mol. The molecule has 130 valence electrons. The normalized spacial score (nSPS) is 18.7. The quantitative estimate of drug-likeness (QED) is 0.581. The van der Waals surface area contributed by atoms with Gasteiger partial charge in [0.05, 0.1) is 0 Å². The second kappa shape index (κ2) is 7.61. The summed E-state index contributed by atoms with van der Waals surface area (Å²) in [6, 6.07) is 17.9. The first-order valence-corrected chi connectivity index (χ1v) is 9.47. The van der Waals surface area contributed by atoms with Gasteiger partial charge in [0, 0.05) is 23.0 Å². The second-order valence-electron chi connectivity index (χ2n) is 7.04. The van der Waals surface area contributed by atoms with Crippen molar-refractivity contribution in [3.8, 4) is 0 Å². The molecule has 0 saturated heterocycles. The number of allylic oxidation sites excluding steroid dienone is 8. The maximum absolute atomic E-state index is 2.39. The van der Waals surface area contributed by atoms with Gasteiger partial charge in [0.2, 0.25) is 0 Å². The number of benzene rings is 2. The molecular formula is C25H25N. The van der Waals surface area contributed by atoms with Crippen molar-refractivity contribution in [3.63, 3.8) is 0 Å². The van der Waals surface area contributed by atoms with E-state index in [-0.39, 0.29) is 0 Å². The fourth-order valence-electron chi connectivity index (χ4n) is 3.65. The van der Waals surface area contributed by atoms with Gasteiger partial charge in [-0.25, -0.2) is 0 Å². The van der Waals surface area contributed by atoms with Crippen molar-refractivity contribution in [1.82, 2.24) is 0 Å². The predicted octanol–water partition coefficient (Wildman–Crippen LogP) is 6.97. The van der Waals surface area contributed by atoms with Gasteiger partial charge in [-0.15, -0.1) is 0 Å². The van der Waals surface area contributed by atoms with Gasteiger partial charge in [0.1, 0.15) is 0 Å². The summed E-state index contributed by atoms with van der Waals surface area (Å²) in [6.07, 6.45) is 18.7. The zero-order valence-corrected chi connectivity index (χ0v) is 15.3. The lowest BCUT2D eigenvalue weighted by atomic mass is 9.92. The number of nitrogens with zero attached hydrogens (tertiary/aromatic N) is 1. The first-order chi connectivity index (χ1) is 12.8. The summed E-state index contributed by atoms with van der Waals surface area (Å²) >= 11 is 0. The molecule has 2 aliphatic rings. The molecule has 0 bridgehead atoms. The van der Waals surface area contributed by atoms with Crippen LogP contribution in [-0.2, 0) is 0 Å². The Morgan fingerprint density at radius 3 is 2.15 bits per heavy atom. The van der Waals surface area contributed by atoms with Gasteiger partial charge < -0.3 is 4.90 Å². The number of hydrogen-bond donors (Lipinski definition) is 0. The summed E-state index contributed by atoms with van der Waals surface area (Å²) in [6.45, 7) is 2.14. The molecule has 2 aliphatic carbocycles. The van der Waals surface area contributed by atoms with Crippen LogP contribution >= 0.6 is 0 Å². The van der Waals surface area contributed by atoms with Crippen LogP contribution in [0.2, 0.25) is 0 Å². The fraction of sp³-hybridized carbons (Fsp3) is 0.200. The third kappa shape index (κ3) is 3.57. The van der Waals surface area contributed by atoms with Gasteiger partial charge in [0.25, 0.3) is 0 Å². The molecule has 1 nitrogen and oxygen atoms in total. The molecule has 0 fully saturated rings. The van der Waals surface area contributed by atoms with Crippen LogP contribution in [-0.4, -0.2) is 0 Å². The molecule has 2 aromatic rings. The molecule has 26 heavy (non-hydrogen) atoms. The van der Waals surface area contributed by atoms with Gasteiger partial charge in [-0.2, -0.15) is 0 Å². The number of hydrogen-bond acceptors (Lipinski definition) is 1. The standard InChI is InChI=1S/C25H25N/c1-20-12-16-24(17-13-20)26(23-10-6-3-7-11-23)25-18-14-22(15-19-25)21-8-4-2-5-9-21/h2-6,8,10,12-19,21H,7,9,11H2,1H3. The molecule has 1 heteroatoms. The van der Waals surface area contributed by atoms with Gasteiger partial charge in [-0.1, -0.05) is 66.3 Å². The van der Waals surface area contributed by atoms with E-state index in [2.05, 4.69) is 103 Å². The van der Waals surface area contributed by atoms with E-state index in [0.717, 1.165) is 19.3 Å². The Hall–Kier alpha value is -2.80. The number of aryl methyl sites for hydroxylation is 1. The molecule has 1 atom stereocenters. The minimum atomic E-state index is 0.499. The van der Waals surface area contributed by atoms with Crippen molar-refractivity contribution in [2.75, 3.05) is 4.90 Å². The van der Waals surface area contributed by atoms with E-state index in [1.165, 1.54) is 28.2 Å². The van der Waals surface area contributed by atoms with Crippen LogP contribution in [0.15, 0.2) is 96.8 Å². The summed E-state index contributed by atoms with van der Waals surface area (Å²) in [5.41, 5.74) is 6.49. The molecular weight excluding hydrogens is 314 g/mol. The zero-order chi connectivity index (χ0) is 17.8. The Morgan fingerprint density at radius 1 is 0.808 bits per heavy atom. The SMILES string of the molecule is Cc1ccc(N(C2=CC=CCC2)c2ccc(C3C=CC=CC3)cc2)cc1. The number of anilines is 2. The minimum Gasteiger partial charge on any atom is -0.314 e. The monoisotopic (exact) mass is 339 g/mol. The lowest BCUT2D eigenvalue weighted by Crippen LogP contribution is -2.17. The molecule has 0 amide bonds. The van der Waals surface area contributed by atoms with Crippen LogP contribution in [0.4, 0.5) is 11.4 Å². The molecule has 0 spiro atoms. The van der Waals surface area contributed by atoms with Crippen LogP contribution < -0.4 is 4.90 Å². The van der Waals surface area contributed by atoms with Crippen LogP contribution in [0.5, 0.6) is 0 Å². The molecule has 1 unspecified atom stereocenters. The van der Waals surface area contributed by atoms with Crippen LogP contribution in [0.1, 0.15) is 36.3 Å². The summed E-state index contributed by atoms with van der Waals surface area (Å²) in [4.78, 5) is 2.39. The van der Waals surface area contributed by atoms with Crippen LogP contribution in [0.25, 0.3) is 0 Å². The minimum absolute atomic E-state index is 0.499. The molecule has 0 N–H and O–H groups in total. The lowest BCUT2D eigenvalue weighted by molar-refractivity contribution is 0.853. The van der Waals surface area contributed by atoms with E-state index in [1.807, 2.05) is 0 Å². The highest BCUT2D eigenvalue weighted by atomic mass is 15.1. The van der Waals surface area contributed by atoms with E-state index in [4.69, 9.17) is 0 Å². The first kappa shape index (κ1) is 16.7. The average Bonchev–Trinajstić information content (AvgIpc) is 2.72.